The molecule has 0 spiro atoms. The molecule has 2 amide bonds. The first-order valence-corrected chi connectivity index (χ1v) is 11.8. The van der Waals surface area contributed by atoms with Crippen molar-refractivity contribution in [3.63, 3.8) is 0 Å². The molecule has 35 heavy (non-hydrogen) atoms. The van der Waals surface area contributed by atoms with Crippen LogP contribution in [0.5, 0.6) is 11.6 Å². The summed E-state index contributed by atoms with van der Waals surface area (Å²) < 4.78 is 20.4. The summed E-state index contributed by atoms with van der Waals surface area (Å²) in [7, 11) is 2.09. The van der Waals surface area contributed by atoms with Crippen LogP contribution in [0.4, 0.5) is 20.8 Å². The van der Waals surface area contributed by atoms with Crippen molar-refractivity contribution in [3.05, 3.63) is 71.2 Å². The first-order chi connectivity index (χ1) is 17.0. The molecule has 0 unspecified atom stereocenters. The zero-order valence-electron chi connectivity index (χ0n) is 20.0. The number of benzene rings is 2. The molecule has 0 atom stereocenters. The molecular weight excluding hydrogens is 447 g/mol. The summed E-state index contributed by atoms with van der Waals surface area (Å²) >= 11 is 0. The molecule has 8 nitrogen and oxygen atoms in total. The van der Waals surface area contributed by atoms with Crippen molar-refractivity contribution in [1.82, 2.24) is 19.8 Å². The molecule has 3 heterocycles. The number of hydrogen-bond donors (Lipinski definition) is 1. The maximum Gasteiger partial charge on any atom is 0.322 e. The highest BCUT2D eigenvalue weighted by Gasteiger charge is 2.29. The molecule has 1 fully saturated rings. The molecule has 182 valence electrons. The fraction of sp³-hybridized carbons (Fsp3) is 0.346. The van der Waals surface area contributed by atoms with Crippen molar-refractivity contribution in [3.8, 4) is 11.6 Å². The lowest BCUT2D eigenvalue weighted by Crippen LogP contribution is -2.45. The number of ether oxygens (including phenoxy) is 1. The Kier molecular flexibility index (Phi) is 6.50. The number of fused-ring (bicyclic) bond motifs is 1. The van der Waals surface area contributed by atoms with E-state index in [4.69, 9.17) is 14.7 Å². The summed E-state index contributed by atoms with van der Waals surface area (Å²) in [6.45, 7) is 6.23. The van der Waals surface area contributed by atoms with Gasteiger partial charge in [0.15, 0.2) is 11.6 Å². The molecule has 1 saturated heterocycles. The number of para-hydroxylation sites is 1. The number of carbonyl (C=O) groups excluding carboxylic acids is 1. The molecule has 0 radical (unpaired) electrons. The molecule has 9 heteroatoms. The third kappa shape index (κ3) is 5.19. The Labute approximate surface area is 204 Å². The highest BCUT2D eigenvalue weighted by atomic mass is 19.1. The standard InChI is InChI=1S/C26H29FN6O2/c1-18-7-9-19(10-8-18)28-26(34)33-12-11-22-20(17-33)24(35-23-6-4-3-5-21(23)27)30-25(29-22)32-15-13-31(2)14-16-32/h3-10H,11-17H2,1-2H3,(H,28,34). The molecule has 2 aliphatic heterocycles. The molecule has 5 rings (SSSR count). The van der Waals surface area contributed by atoms with E-state index in [0.29, 0.717) is 30.4 Å². The van der Waals surface area contributed by atoms with Crippen LogP contribution in [-0.4, -0.2) is 65.6 Å². The van der Waals surface area contributed by atoms with Crippen LogP contribution in [0.1, 0.15) is 16.8 Å². The van der Waals surface area contributed by atoms with E-state index in [-0.39, 0.29) is 18.3 Å². The van der Waals surface area contributed by atoms with Crippen LogP contribution < -0.4 is 15.0 Å². The van der Waals surface area contributed by atoms with Crippen molar-refractivity contribution < 1.29 is 13.9 Å². The van der Waals surface area contributed by atoms with E-state index in [1.807, 2.05) is 31.2 Å². The van der Waals surface area contributed by atoms with Gasteiger partial charge in [-0.05, 0) is 38.2 Å². The number of likely N-dealkylation sites (N-methyl/N-ethyl adjacent to an activating group) is 1. The lowest BCUT2D eigenvalue weighted by atomic mass is 10.1. The average molecular weight is 477 g/mol. The summed E-state index contributed by atoms with van der Waals surface area (Å²) in [6, 6.07) is 13.7. The number of urea groups is 1. The van der Waals surface area contributed by atoms with Crippen LogP contribution in [-0.2, 0) is 13.0 Å². The summed E-state index contributed by atoms with van der Waals surface area (Å²) in [5.41, 5.74) is 3.39. The van der Waals surface area contributed by atoms with Crippen LogP contribution in [0.15, 0.2) is 48.5 Å². The Balaban J connectivity index is 1.43. The van der Waals surface area contributed by atoms with E-state index in [0.717, 1.165) is 43.1 Å². The number of carbonyl (C=O) groups is 1. The van der Waals surface area contributed by atoms with Gasteiger partial charge >= 0.3 is 6.03 Å². The molecular formula is C26H29FN6O2. The number of amides is 2. The fourth-order valence-electron chi connectivity index (χ4n) is 4.25. The van der Waals surface area contributed by atoms with Crippen molar-refractivity contribution in [2.45, 2.75) is 19.9 Å². The molecule has 3 aromatic rings. The van der Waals surface area contributed by atoms with Gasteiger partial charge in [0.05, 0.1) is 17.8 Å². The maximum absolute atomic E-state index is 14.4. The molecule has 0 bridgehead atoms. The Morgan fingerprint density at radius 2 is 1.74 bits per heavy atom. The van der Waals surface area contributed by atoms with Gasteiger partial charge in [0.2, 0.25) is 11.8 Å². The Morgan fingerprint density at radius 1 is 1.00 bits per heavy atom. The van der Waals surface area contributed by atoms with Crippen LogP contribution in [0.2, 0.25) is 0 Å². The minimum absolute atomic E-state index is 0.0963. The second kappa shape index (κ2) is 9.87. The number of halogens is 1. The third-order valence-electron chi connectivity index (χ3n) is 6.43. The smallest absolute Gasteiger partial charge is 0.322 e. The van der Waals surface area contributed by atoms with Gasteiger partial charge in [0.25, 0.3) is 0 Å². The van der Waals surface area contributed by atoms with Crippen LogP contribution >= 0.6 is 0 Å². The third-order valence-corrected chi connectivity index (χ3v) is 6.43. The van der Waals surface area contributed by atoms with E-state index in [1.165, 1.54) is 6.07 Å². The Morgan fingerprint density at radius 3 is 2.49 bits per heavy atom. The van der Waals surface area contributed by atoms with Crippen molar-refractivity contribution in [2.24, 2.45) is 0 Å². The number of nitrogens with one attached hydrogen (secondary N) is 1. The van der Waals surface area contributed by atoms with Crippen molar-refractivity contribution in [1.29, 1.82) is 0 Å². The fourth-order valence-corrected chi connectivity index (χ4v) is 4.25. The predicted octanol–water partition coefficient (Wildman–Crippen LogP) is 4.06. The van der Waals surface area contributed by atoms with E-state index in [9.17, 15) is 9.18 Å². The minimum Gasteiger partial charge on any atom is -0.435 e. The second-order valence-electron chi connectivity index (χ2n) is 9.04. The SMILES string of the molecule is Cc1ccc(NC(=O)N2CCc3nc(N4CCN(C)CC4)nc(Oc4ccccc4F)c3C2)cc1. The number of hydrogen-bond acceptors (Lipinski definition) is 6. The van der Waals surface area contributed by atoms with Gasteiger partial charge in [-0.1, -0.05) is 29.8 Å². The molecule has 1 N–H and O–H groups in total. The van der Waals surface area contributed by atoms with Crippen LogP contribution in [0.25, 0.3) is 0 Å². The van der Waals surface area contributed by atoms with Gasteiger partial charge in [-0.2, -0.15) is 4.98 Å². The molecule has 0 aliphatic carbocycles. The number of aromatic nitrogens is 2. The Hall–Kier alpha value is -3.72. The quantitative estimate of drug-likeness (QED) is 0.612. The number of aryl methyl sites for hydroxylation is 1. The van der Waals surface area contributed by atoms with Crippen LogP contribution in [0, 0.1) is 12.7 Å². The van der Waals surface area contributed by atoms with Gasteiger partial charge in [-0.15, -0.1) is 0 Å². The number of nitrogens with zero attached hydrogens (tertiary/aromatic N) is 5. The number of anilines is 2. The molecule has 2 aliphatic rings. The van der Waals surface area contributed by atoms with Gasteiger partial charge in [0, 0.05) is 44.8 Å². The maximum atomic E-state index is 14.4. The van der Waals surface area contributed by atoms with Crippen molar-refractivity contribution >= 4 is 17.7 Å². The lowest BCUT2D eigenvalue weighted by molar-refractivity contribution is 0.204. The summed E-state index contributed by atoms with van der Waals surface area (Å²) in [6.07, 6.45) is 0.563. The average Bonchev–Trinajstić information content (AvgIpc) is 2.87. The van der Waals surface area contributed by atoms with Gasteiger partial charge in [-0.25, -0.2) is 14.2 Å². The first kappa shape index (κ1) is 23.0. The van der Waals surface area contributed by atoms with Gasteiger partial charge in [0.1, 0.15) is 0 Å². The van der Waals surface area contributed by atoms with Gasteiger partial charge in [-0.3, -0.25) is 0 Å². The van der Waals surface area contributed by atoms with Gasteiger partial charge < -0.3 is 24.8 Å². The monoisotopic (exact) mass is 476 g/mol. The minimum atomic E-state index is -0.467. The zero-order valence-corrected chi connectivity index (χ0v) is 20.0. The van der Waals surface area contributed by atoms with E-state index in [2.05, 4.69) is 22.2 Å². The highest BCUT2D eigenvalue weighted by Crippen LogP contribution is 2.32. The lowest BCUT2D eigenvalue weighted by Gasteiger charge is -2.34. The Bertz CT molecular complexity index is 1210. The highest BCUT2D eigenvalue weighted by molar-refractivity contribution is 5.89. The summed E-state index contributed by atoms with van der Waals surface area (Å²) in [5, 5.41) is 2.95. The van der Waals surface area contributed by atoms with E-state index in [1.54, 1.807) is 23.1 Å². The molecule has 2 aromatic carbocycles. The molecule has 0 saturated carbocycles. The zero-order chi connectivity index (χ0) is 24.4. The van der Waals surface area contributed by atoms with E-state index < -0.39 is 5.82 Å². The second-order valence-corrected chi connectivity index (χ2v) is 9.04. The summed E-state index contributed by atoms with van der Waals surface area (Å²) in [4.78, 5) is 28.6. The predicted molar refractivity (Wildman–Crippen MR) is 133 cm³/mol. The van der Waals surface area contributed by atoms with Crippen LogP contribution in [0.3, 0.4) is 0 Å². The van der Waals surface area contributed by atoms with Crippen molar-refractivity contribution in [2.75, 3.05) is 50.0 Å². The largest absolute Gasteiger partial charge is 0.435 e. The first-order valence-electron chi connectivity index (χ1n) is 11.8. The topological polar surface area (TPSA) is 73.8 Å². The number of piperazine rings is 1. The number of rotatable bonds is 4. The van der Waals surface area contributed by atoms with E-state index >= 15 is 0 Å². The molecule has 1 aromatic heterocycles. The normalized spacial score (nSPS) is 16.1. The summed E-state index contributed by atoms with van der Waals surface area (Å²) in [5.74, 6) is 0.507.